The molecule has 0 aromatic heterocycles. The Hall–Kier alpha value is -2.80. The van der Waals surface area contributed by atoms with Crippen molar-refractivity contribution in [2.24, 2.45) is 10.2 Å². The summed E-state index contributed by atoms with van der Waals surface area (Å²) < 4.78 is 11.4. The van der Waals surface area contributed by atoms with E-state index in [4.69, 9.17) is 9.47 Å². The number of unbranched alkanes of at least 4 members (excludes halogenated alkanes) is 4. The van der Waals surface area contributed by atoms with Gasteiger partial charge in [-0.05, 0) is 54.2 Å². The lowest BCUT2D eigenvalue weighted by Gasteiger charge is -2.11. The van der Waals surface area contributed by atoms with Crippen molar-refractivity contribution in [3.8, 4) is 11.5 Å². The van der Waals surface area contributed by atoms with Gasteiger partial charge in [0.25, 0.3) is 0 Å². The maximum absolute atomic E-state index is 12.3. The molecule has 34 heavy (non-hydrogen) atoms. The van der Waals surface area contributed by atoms with E-state index >= 15 is 0 Å². The van der Waals surface area contributed by atoms with Crippen molar-refractivity contribution in [2.75, 3.05) is 13.7 Å². The van der Waals surface area contributed by atoms with E-state index in [0.29, 0.717) is 23.9 Å². The standard InChI is InChI=1S/C27H35N3O3S/c1-4-6-7-8-9-16-33-23-15-14-22(17-24(23)32-3)19-28-30-27-29-26(31)25(34-27)18-21-12-10-20(5-2)11-13-21/h10-15,17,19,25H,4-9,16,18H2,1-3H3,(H,29,30,31)/b28-19+. The van der Waals surface area contributed by atoms with Gasteiger partial charge in [-0.1, -0.05) is 75.6 Å². The van der Waals surface area contributed by atoms with Crippen molar-refractivity contribution < 1.29 is 14.3 Å². The van der Waals surface area contributed by atoms with Crippen LogP contribution in [0.4, 0.5) is 0 Å². The summed E-state index contributed by atoms with van der Waals surface area (Å²) in [4.78, 5) is 12.3. The summed E-state index contributed by atoms with van der Waals surface area (Å²) >= 11 is 1.42. The third-order valence-corrected chi connectivity index (χ3v) is 6.75. The van der Waals surface area contributed by atoms with Gasteiger partial charge in [-0.25, -0.2) is 0 Å². The number of nitrogens with one attached hydrogen (secondary N) is 1. The number of benzene rings is 2. The number of carbonyl (C=O) groups is 1. The van der Waals surface area contributed by atoms with Crippen molar-refractivity contribution in [2.45, 2.75) is 64.0 Å². The number of hydrogen-bond acceptors (Lipinski definition) is 6. The molecule has 0 saturated carbocycles. The quantitative estimate of drug-likeness (QED) is 0.224. The zero-order valence-corrected chi connectivity index (χ0v) is 21.2. The number of thioether (sulfide) groups is 1. The fourth-order valence-electron chi connectivity index (χ4n) is 3.63. The Balaban J connectivity index is 1.52. The van der Waals surface area contributed by atoms with Crippen LogP contribution >= 0.6 is 11.8 Å². The van der Waals surface area contributed by atoms with E-state index in [1.807, 2.05) is 18.2 Å². The van der Waals surface area contributed by atoms with Crippen molar-refractivity contribution in [3.05, 3.63) is 59.2 Å². The average Bonchev–Trinajstić information content (AvgIpc) is 3.20. The van der Waals surface area contributed by atoms with E-state index in [-0.39, 0.29) is 11.2 Å². The Labute approximate surface area is 207 Å². The second kappa shape index (κ2) is 13.8. The number of amidine groups is 1. The normalized spacial score (nSPS) is 16.9. The number of amides is 1. The van der Waals surface area contributed by atoms with Crippen LogP contribution in [-0.2, 0) is 17.6 Å². The third-order valence-electron chi connectivity index (χ3n) is 5.68. The number of methoxy groups -OCH3 is 1. The van der Waals surface area contributed by atoms with E-state index in [1.165, 1.54) is 43.0 Å². The van der Waals surface area contributed by atoms with E-state index in [1.54, 1.807) is 13.3 Å². The lowest BCUT2D eigenvalue weighted by molar-refractivity contribution is -0.118. The van der Waals surface area contributed by atoms with Gasteiger partial charge >= 0.3 is 0 Å². The molecule has 1 heterocycles. The molecule has 0 spiro atoms. The molecule has 3 rings (SSSR count). The summed E-state index contributed by atoms with van der Waals surface area (Å²) in [7, 11) is 1.63. The number of nitrogens with zero attached hydrogens (tertiary/aromatic N) is 2. The van der Waals surface area contributed by atoms with Gasteiger partial charge in [0.05, 0.1) is 25.2 Å². The van der Waals surface area contributed by atoms with Crippen LogP contribution in [0.2, 0.25) is 0 Å². The molecule has 0 aliphatic carbocycles. The van der Waals surface area contributed by atoms with Gasteiger partial charge in [0.15, 0.2) is 16.7 Å². The Morgan fingerprint density at radius 2 is 1.76 bits per heavy atom. The highest BCUT2D eigenvalue weighted by atomic mass is 32.2. The molecule has 1 amide bonds. The van der Waals surface area contributed by atoms with E-state index < -0.39 is 0 Å². The lowest BCUT2D eigenvalue weighted by Crippen LogP contribution is -2.25. The molecule has 0 radical (unpaired) electrons. The summed E-state index contributed by atoms with van der Waals surface area (Å²) in [6, 6.07) is 14.1. The maximum Gasteiger partial charge on any atom is 0.239 e. The van der Waals surface area contributed by atoms with E-state index in [0.717, 1.165) is 29.7 Å². The zero-order valence-electron chi connectivity index (χ0n) is 20.4. The van der Waals surface area contributed by atoms with Gasteiger partial charge in [0.1, 0.15) is 0 Å². The van der Waals surface area contributed by atoms with Crippen molar-refractivity contribution in [1.82, 2.24) is 5.32 Å². The van der Waals surface area contributed by atoms with E-state index in [2.05, 4.69) is 53.6 Å². The Bertz CT molecular complexity index is 989. The molecule has 2 aromatic rings. The third kappa shape index (κ3) is 7.90. The molecule has 1 aliphatic heterocycles. The summed E-state index contributed by atoms with van der Waals surface area (Å²) in [5.41, 5.74) is 3.28. The molecule has 0 bridgehead atoms. The highest BCUT2D eigenvalue weighted by Crippen LogP contribution is 2.28. The molecule has 1 saturated heterocycles. The predicted molar refractivity (Wildman–Crippen MR) is 141 cm³/mol. The van der Waals surface area contributed by atoms with Gasteiger partial charge < -0.3 is 14.8 Å². The highest BCUT2D eigenvalue weighted by Gasteiger charge is 2.30. The predicted octanol–water partition coefficient (Wildman–Crippen LogP) is 5.77. The van der Waals surface area contributed by atoms with Crippen LogP contribution in [0, 0.1) is 0 Å². The van der Waals surface area contributed by atoms with Crippen LogP contribution in [0.5, 0.6) is 11.5 Å². The zero-order chi connectivity index (χ0) is 24.2. The lowest BCUT2D eigenvalue weighted by atomic mass is 10.1. The first-order chi connectivity index (χ1) is 16.6. The van der Waals surface area contributed by atoms with Crippen molar-refractivity contribution in [1.29, 1.82) is 0 Å². The molecule has 1 atom stereocenters. The van der Waals surface area contributed by atoms with Crippen LogP contribution in [-0.4, -0.2) is 36.3 Å². The number of hydrogen-bond donors (Lipinski definition) is 1. The fraction of sp³-hybridized carbons (Fsp3) is 0.444. The molecule has 1 N–H and O–H groups in total. The Kier molecular flexibility index (Phi) is 10.5. The molecule has 7 heteroatoms. The Morgan fingerprint density at radius 3 is 2.50 bits per heavy atom. The van der Waals surface area contributed by atoms with Crippen LogP contribution in [0.15, 0.2) is 52.7 Å². The first kappa shape index (κ1) is 25.8. The van der Waals surface area contributed by atoms with Gasteiger partial charge in [-0.2, -0.15) is 5.10 Å². The number of rotatable bonds is 13. The van der Waals surface area contributed by atoms with Crippen LogP contribution in [0.1, 0.15) is 62.6 Å². The van der Waals surface area contributed by atoms with Gasteiger partial charge in [0.2, 0.25) is 5.91 Å². The second-order valence-corrected chi connectivity index (χ2v) is 9.48. The largest absolute Gasteiger partial charge is 0.493 e. The smallest absolute Gasteiger partial charge is 0.239 e. The molecule has 182 valence electrons. The minimum atomic E-state index is -0.195. The molecule has 6 nitrogen and oxygen atoms in total. The van der Waals surface area contributed by atoms with Crippen LogP contribution < -0.4 is 14.8 Å². The van der Waals surface area contributed by atoms with Crippen molar-refractivity contribution >= 4 is 29.1 Å². The molecule has 2 aromatic carbocycles. The summed E-state index contributed by atoms with van der Waals surface area (Å²) in [5.74, 6) is 1.37. The molecular weight excluding hydrogens is 446 g/mol. The summed E-state index contributed by atoms with van der Waals surface area (Å²) in [6.07, 6.45) is 9.31. The first-order valence-electron chi connectivity index (χ1n) is 12.1. The number of carbonyl (C=O) groups excluding carboxylic acids is 1. The minimum Gasteiger partial charge on any atom is -0.493 e. The van der Waals surface area contributed by atoms with Gasteiger partial charge in [0, 0.05) is 0 Å². The SMILES string of the molecule is CCCCCCCOc1ccc(/C=N/N=C2/NC(=O)C(Cc3ccc(CC)cc3)S2)cc1OC. The van der Waals surface area contributed by atoms with E-state index in [9.17, 15) is 4.79 Å². The number of ether oxygens (including phenoxy) is 2. The van der Waals surface area contributed by atoms with Gasteiger partial charge in [-0.15, -0.1) is 5.10 Å². The Morgan fingerprint density at radius 1 is 1.00 bits per heavy atom. The monoisotopic (exact) mass is 481 g/mol. The molecular formula is C27H35N3O3S. The second-order valence-electron chi connectivity index (χ2n) is 8.29. The summed E-state index contributed by atoms with van der Waals surface area (Å²) in [6.45, 7) is 5.03. The highest BCUT2D eigenvalue weighted by molar-refractivity contribution is 8.15. The average molecular weight is 482 g/mol. The topological polar surface area (TPSA) is 72.3 Å². The molecule has 1 unspecified atom stereocenters. The van der Waals surface area contributed by atoms with Gasteiger partial charge in [-0.3, -0.25) is 4.79 Å². The van der Waals surface area contributed by atoms with Crippen LogP contribution in [0.25, 0.3) is 0 Å². The first-order valence-corrected chi connectivity index (χ1v) is 13.0. The molecule has 1 fully saturated rings. The summed E-state index contributed by atoms with van der Waals surface area (Å²) in [5, 5.41) is 11.5. The van der Waals surface area contributed by atoms with Crippen LogP contribution in [0.3, 0.4) is 0 Å². The molecule has 1 aliphatic rings. The number of aryl methyl sites for hydroxylation is 1. The minimum absolute atomic E-state index is 0.0311. The van der Waals surface area contributed by atoms with Crippen molar-refractivity contribution in [3.63, 3.8) is 0 Å². The maximum atomic E-state index is 12.3. The fourth-order valence-corrected chi connectivity index (χ4v) is 4.60.